The maximum absolute atomic E-state index is 13.4. The van der Waals surface area contributed by atoms with Crippen molar-refractivity contribution in [2.45, 2.75) is 18.5 Å². The van der Waals surface area contributed by atoms with E-state index in [1.165, 1.54) is 33.8 Å². The van der Waals surface area contributed by atoms with E-state index in [2.05, 4.69) is 21.0 Å². The predicted octanol–water partition coefficient (Wildman–Crippen LogP) is 3.46. The Morgan fingerprint density at radius 1 is 1.39 bits per heavy atom. The fourth-order valence-electron chi connectivity index (χ4n) is 3.50. The van der Waals surface area contributed by atoms with Crippen LogP contribution in [0.4, 0.5) is 10.1 Å². The number of carbonyl (C=O) groups excluding carboxylic acids is 1. The Labute approximate surface area is 189 Å². The Bertz CT molecular complexity index is 1240. The van der Waals surface area contributed by atoms with Gasteiger partial charge in [-0.05, 0) is 42.6 Å². The normalized spacial score (nSPS) is 24.3. The lowest BCUT2D eigenvalue weighted by atomic mass is 10.0. The van der Waals surface area contributed by atoms with E-state index in [1.54, 1.807) is 17.9 Å². The average Bonchev–Trinajstić information content (AvgIpc) is 3.35. The van der Waals surface area contributed by atoms with E-state index in [9.17, 15) is 13.4 Å². The van der Waals surface area contributed by atoms with Crippen LogP contribution in [0, 0.1) is 5.82 Å². The van der Waals surface area contributed by atoms with Gasteiger partial charge in [-0.2, -0.15) is 5.10 Å². The molecule has 7 nitrogen and oxygen atoms in total. The number of likely N-dealkylation sites (N-methyl/N-ethyl adjacent to an activating group) is 1. The van der Waals surface area contributed by atoms with Crippen molar-refractivity contribution in [3.63, 3.8) is 0 Å². The molecule has 1 saturated heterocycles. The fraction of sp³-hybridized carbons (Fsp3) is 0.250. The summed E-state index contributed by atoms with van der Waals surface area (Å²) in [5, 5.41) is 8.85. The Balaban J connectivity index is 1.58. The van der Waals surface area contributed by atoms with E-state index in [0.717, 1.165) is 16.1 Å². The summed E-state index contributed by atoms with van der Waals surface area (Å²) in [6.07, 6.45) is 2.11. The number of amides is 1. The molecular formula is C20H21ClFN5O2S2. The number of anilines is 1. The molecular weight excluding hydrogens is 461 g/mol. The molecule has 0 bridgehead atoms. The van der Waals surface area contributed by atoms with Crippen molar-refractivity contribution in [2.75, 3.05) is 12.4 Å². The maximum Gasteiger partial charge on any atom is 0.242 e. The quantitative estimate of drug-likeness (QED) is 0.560. The minimum Gasteiger partial charge on any atom is -0.325 e. The highest BCUT2D eigenvalue weighted by Crippen LogP contribution is 2.35. The topological polar surface area (TPSA) is 79.3 Å². The summed E-state index contributed by atoms with van der Waals surface area (Å²) in [5.74, 6) is 2.87. The van der Waals surface area contributed by atoms with Crippen LogP contribution in [0.15, 0.2) is 41.9 Å². The number of hydrogen-bond donors (Lipinski definition) is 2. The third-order valence-electron chi connectivity index (χ3n) is 5.26. The molecule has 0 radical (unpaired) electrons. The van der Waals surface area contributed by atoms with E-state index < -0.39 is 21.8 Å². The summed E-state index contributed by atoms with van der Waals surface area (Å²) in [7, 11) is 0.572. The minimum atomic E-state index is -2.89. The second-order valence-electron chi connectivity index (χ2n) is 7.30. The first-order valence-corrected chi connectivity index (χ1v) is 12.3. The fourth-order valence-corrected chi connectivity index (χ4v) is 6.15. The molecule has 3 atom stereocenters. The number of carbonyl (C=O) groups is 1. The highest BCUT2D eigenvalue weighted by molar-refractivity contribution is 7.96. The molecule has 11 heteroatoms. The lowest BCUT2D eigenvalue weighted by Gasteiger charge is -2.39. The van der Waals surface area contributed by atoms with Gasteiger partial charge < -0.3 is 5.32 Å². The Morgan fingerprint density at radius 3 is 2.84 bits per heavy atom. The van der Waals surface area contributed by atoms with Gasteiger partial charge in [0.2, 0.25) is 5.91 Å². The van der Waals surface area contributed by atoms with Crippen LogP contribution < -0.4 is 10.0 Å². The van der Waals surface area contributed by atoms with Crippen LogP contribution in [-0.4, -0.2) is 43.2 Å². The van der Waals surface area contributed by atoms with Crippen molar-refractivity contribution >= 4 is 50.3 Å². The van der Waals surface area contributed by atoms with Gasteiger partial charge in [0.05, 0.1) is 26.7 Å². The number of nitrogens with one attached hydrogen (secondary N) is 2. The average molecular weight is 482 g/mol. The monoisotopic (exact) mass is 481 g/mol. The molecule has 0 spiro atoms. The molecule has 4 rings (SSSR count). The van der Waals surface area contributed by atoms with Crippen LogP contribution in [0.2, 0.25) is 5.02 Å². The highest BCUT2D eigenvalue weighted by Gasteiger charge is 2.38. The molecule has 31 heavy (non-hydrogen) atoms. The third kappa shape index (κ3) is 4.39. The molecule has 1 fully saturated rings. The largest absolute Gasteiger partial charge is 0.325 e. The van der Waals surface area contributed by atoms with E-state index in [0.29, 0.717) is 12.1 Å². The standard InChI is InChI=1S/C20H21ClFN5O2S2/c1-26-17(6-7-23-26)12-8-19(30-11-12)16-10-18(27(2)31(3,29)25-16)20(28)24-13-4-5-15(22)14(21)9-13/h4-9,11,16,18H,3,10H2,1-2H3,(H,24,28)(H,25,29)/t16-,18+,31?/m1/s1. The van der Waals surface area contributed by atoms with Gasteiger partial charge >= 0.3 is 0 Å². The molecule has 1 aliphatic heterocycles. The van der Waals surface area contributed by atoms with Gasteiger partial charge in [-0.1, -0.05) is 11.6 Å². The Hall–Kier alpha value is -2.24. The van der Waals surface area contributed by atoms with Crippen molar-refractivity contribution in [1.82, 2.24) is 18.8 Å². The molecule has 164 valence electrons. The van der Waals surface area contributed by atoms with Gasteiger partial charge in [-0.3, -0.25) is 9.48 Å². The van der Waals surface area contributed by atoms with Gasteiger partial charge in [-0.15, -0.1) is 11.3 Å². The molecule has 3 heterocycles. The van der Waals surface area contributed by atoms with Gasteiger partial charge in [0.1, 0.15) is 11.9 Å². The van der Waals surface area contributed by atoms with Crippen molar-refractivity contribution in [3.05, 3.63) is 57.6 Å². The molecule has 1 aliphatic rings. The second-order valence-corrected chi connectivity index (χ2v) is 10.7. The van der Waals surface area contributed by atoms with Gasteiger partial charge in [0.15, 0.2) is 0 Å². The number of nitrogens with zero attached hydrogens (tertiary/aromatic N) is 3. The molecule has 1 aromatic carbocycles. The van der Waals surface area contributed by atoms with E-state index in [4.69, 9.17) is 11.6 Å². The summed E-state index contributed by atoms with van der Waals surface area (Å²) in [6.45, 7) is 0. The predicted molar refractivity (Wildman–Crippen MR) is 124 cm³/mol. The third-order valence-corrected chi connectivity index (χ3v) is 8.43. The number of benzene rings is 1. The second kappa shape index (κ2) is 8.36. The summed E-state index contributed by atoms with van der Waals surface area (Å²) >= 11 is 7.33. The number of aryl methyl sites for hydroxylation is 1. The number of rotatable bonds is 4. The lowest BCUT2D eigenvalue weighted by molar-refractivity contribution is -0.120. The summed E-state index contributed by atoms with van der Waals surface area (Å²) in [5.41, 5.74) is 2.33. The van der Waals surface area contributed by atoms with Crippen LogP contribution in [-0.2, 0) is 21.7 Å². The van der Waals surface area contributed by atoms with Gasteiger partial charge in [0.25, 0.3) is 0 Å². The zero-order valence-electron chi connectivity index (χ0n) is 16.8. The maximum atomic E-state index is 13.4. The first kappa shape index (κ1) is 22.0. The summed E-state index contributed by atoms with van der Waals surface area (Å²) < 4.78 is 32.8. The van der Waals surface area contributed by atoms with Crippen molar-refractivity contribution in [2.24, 2.45) is 7.05 Å². The highest BCUT2D eigenvalue weighted by atomic mass is 35.5. The molecule has 3 aromatic rings. The molecule has 1 unspecified atom stereocenters. The van der Waals surface area contributed by atoms with Crippen LogP contribution in [0.5, 0.6) is 0 Å². The first-order chi connectivity index (χ1) is 14.7. The molecule has 1 amide bonds. The Kier molecular flexibility index (Phi) is 5.93. The van der Waals surface area contributed by atoms with Gasteiger partial charge in [-0.25, -0.2) is 17.6 Å². The van der Waals surface area contributed by atoms with E-state index in [1.807, 2.05) is 24.6 Å². The molecule has 0 aliphatic carbocycles. The van der Waals surface area contributed by atoms with E-state index >= 15 is 0 Å². The smallest absolute Gasteiger partial charge is 0.242 e. The zero-order chi connectivity index (χ0) is 22.3. The number of aromatic nitrogens is 2. The summed E-state index contributed by atoms with van der Waals surface area (Å²) in [4.78, 5) is 13.9. The lowest BCUT2D eigenvalue weighted by Crippen LogP contribution is -2.55. The molecule has 0 saturated carbocycles. The van der Waals surface area contributed by atoms with Crippen LogP contribution in [0.3, 0.4) is 0 Å². The van der Waals surface area contributed by atoms with Crippen molar-refractivity contribution < 1.29 is 13.4 Å². The minimum absolute atomic E-state index is 0.0865. The van der Waals surface area contributed by atoms with Crippen molar-refractivity contribution in [3.8, 4) is 11.3 Å². The number of halogens is 2. The number of thiophene rings is 1. The molecule has 2 N–H and O–H groups in total. The first-order valence-electron chi connectivity index (χ1n) is 9.36. The van der Waals surface area contributed by atoms with E-state index in [-0.39, 0.29) is 17.0 Å². The number of hydrogen-bond acceptors (Lipinski definition) is 4. The summed E-state index contributed by atoms with van der Waals surface area (Å²) in [6, 6.07) is 6.86. The van der Waals surface area contributed by atoms with Crippen LogP contribution in [0.1, 0.15) is 17.3 Å². The SMILES string of the molecule is C=S1(=O)N[C@@H](c2cc(-c3ccnn3C)cs2)C[C@@H](C(=O)Nc2ccc(F)c(Cl)c2)N1C. The van der Waals surface area contributed by atoms with Crippen LogP contribution >= 0.6 is 22.9 Å². The zero-order valence-corrected chi connectivity index (χ0v) is 19.2. The molecule has 2 aromatic heterocycles. The van der Waals surface area contributed by atoms with Gasteiger partial charge in [0, 0.05) is 41.8 Å². The van der Waals surface area contributed by atoms with Crippen LogP contribution in [0.25, 0.3) is 11.3 Å². The van der Waals surface area contributed by atoms with Crippen molar-refractivity contribution in [1.29, 1.82) is 0 Å². The Morgan fingerprint density at radius 2 is 2.16 bits per heavy atom.